The van der Waals surface area contributed by atoms with Gasteiger partial charge in [-0.05, 0) is 47.2 Å². The molecule has 11 heteroatoms. The summed E-state index contributed by atoms with van der Waals surface area (Å²) >= 11 is 0.704. The molecule has 2 aromatic carbocycles. The molecule has 0 N–H and O–H groups in total. The molecule has 35 heavy (non-hydrogen) atoms. The van der Waals surface area contributed by atoms with Gasteiger partial charge in [-0.1, -0.05) is 36.4 Å². The number of carbonyl (C=O) groups is 3. The summed E-state index contributed by atoms with van der Waals surface area (Å²) in [6.45, 7) is -0.0181. The minimum Gasteiger partial charge on any atom is -0.482 e. The van der Waals surface area contributed by atoms with Crippen molar-refractivity contribution in [2.24, 2.45) is 0 Å². The first kappa shape index (κ1) is 23.8. The number of nitro groups is 1. The lowest BCUT2D eigenvalue weighted by Crippen LogP contribution is -2.27. The lowest BCUT2D eigenvalue weighted by molar-refractivity contribution is -0.386. The number of amides is 2. The van der Waals surface area contributed by atoms with E-state index in [0.717, 1.165) is 10.5 Å². The Bertz CT molecular complexity index is 1330. The Morgan fingerprint density at radius 3 is 2.63 bits per heavy atom. The topological polar surface area (TPSA) is 129 Å². The molecule has 0 radical (unpaired) electrons. The van der Waals surface area contributed by atoms with Crippen molar-refractivity contribution in [3.05, 3.63) is 98.3 Å². The number of imide groups is 1. The fourth-order valence-electron chi connectivity index (χ4n) is 3.24. The molecule has 1 fully saturated rings. The molecule has 0 aliphatic carbocycles. The smallest absolute Gasteiger partial charge is 0.373 e. The molecule has 2 amide bonds. The van der Waals surface area contributed by atoms with Gasteiger partial charge in [0.1, 0.15) is 12.4 Å². The van der Waals surface area contributed by atoms with Crippen LogP contribution in [0.15, 0.2) is 70.0 Å². The van der Waals surface area contributed by atoms with E-state index in [4.69, 9.17) is 9.15 Å². The van der Waals surface area contributed by atoms with Gasteiger partial charge in [0.05, 0.1) is 23.5 Å². The van der Waals surface area contributed by atoms with Crippen LogP contribution in [0.1, 0.15) is 27.4 Å². The Morgan fingerprint density at radius 2 is 1.91 bits per heavy atom. The van der Waals surface area contributed by atoms with E-state index >= 15 is 0 Å². The molecule has 3 aromatic rings. The third kappa shape index (κ3) is 5.41. The van der Waals surface area contributed by atoms with Crippen LogP contribution in [0.25, 0.3) is 6.08 Å². The van der Waals surface area contributed by atoms with E-state index in [2.05, 4.69) is 4.74 Å². The van der Waals surface area contributed by atoms with Gasteiger partial charge in [0.25, 0.3) is 11.1 Å². The van der Waals surface area contributed by atoms with Gasteiger partial charge in [0.15, 0.2) is 5.75 Å². The molecule has 10 nitrogen and oxygen atoms in total. The summed E-state index contributed by atoms with van der Waals surface area (Å²) in [6.07, 6.45) is 1.40. The standard InChI is InChI=1S/C24H18N2O8S/c1-32-23(28)20-10-8-17(34-20)13-25-22(27)21(35-24(25)29)12-16-7-9-19(18(11-16)26(30)31)33-14-15-5-3-2-4-6-15/h2-12H,13-14H2,1H3. The third-order valence-electron chi connectivity index (χ3n) is 4.95. The molecule has 1 aliphatic rings. The van der Waals surface area contributed by atoms with Crippen molar-refractivity contribution in [2.75, 3.05) is 7.11 Å². The zero-order valence-corrected chi connectivity index (χ0v) is 19.2. The van der Waals surface area contributed by atoms with E-state index in [0.29, 0.717) is 17.3 Å². The largest absolute Gasteiger partial charge is 0.482 e. The first-order chi connectivity index (χ1) is 16.9. The molecule has 0 atom stereocenters. The first-order valence-electron chi connectivity index (χ1n) is 10.2. The molecule has 1 aliphatic heterocycles. The van der Waals surface area contributed by atoms with Crippen molar-refractivity contribution in [1.29, 1.82) is 0 Å². The monoisotopic (exact) mass is 494 g/mol. The zero-order valence-electron chi connectivity index (χ0n) is 18.3. The van der Waals surface area contributed by atoms with Gasteiger partial charge in [-0.3, -0.25) is 24.6 Å². The molecule has 0 unspecified atom stereocenters. The van der Waals surface area contributed by atoms with Gasteiger partial charge >= 0.3 is 11.7 Å². The third-order valence-corrected chi connectivity index (χ3v) is 5.86. The summed E-state index contributed by atoms with van der Waals surface area (Å²) < 4.78 is 15.5. The van der Waals surface area contributed by atoms with Crippen LogP contribution >= 0.6 is 11.8 Å². The number of benzene rings is 2. The van der Waals surface area contributed by atoms with Crippen molar-refractivity contribution in [3.8, 4) is 5.75 Å². The van der Waals surface area contributed by atoms with E-state index in [-0.39, 0.29) is 41.0 Å². The second-order valence-corrected chi connectivity index (χ2v) is 8.28. The Morgan fingerprint density at radius 1 is 1.14 bits per heavy atom. The SMILES string of the molecule is COC(=O)c1ccc(CN2C(=O)SC(=Cc3ccc(OCc4ccccc4)c([N+](=O)[O-])c3)C2=O)o1. The lowest BCUT2D eigenvalue weighted by Gasteiger charge is -2.10. The van der Waals surface area contributed by atoms with Crippen LogP contribution in [0.4, 0.5) is 10.5 Å². The molecule has 4 rings (SSSR count). The predicted molar refractivity (Wildman–Crippen MR) is 125 cm³/mol. The summed E-state index contributed by atoms with van der Waals surface area (Å²) in [5.74, 6) is -0.995. The Labute approximate surface area is 203 Å². The van der Waals surface area contributed by atoms with Crippen molar-refractivity contribution in [3.63, 3.8) is 0 Å². The van der Waals surface area contributed by atoms with Crippen molar-refractivity contribution >= 4 is 40.6 Å². The van der Waals surface area contributed by atoms with Crippen LogP contribution in [0.2, 0.25) is 0 Å². The number of carbonyl (C=O) groups excluding carboxylic acids is 3. The maximum atomic E-state index is 12.8. The molecular weight excluding hydrogens is 476 g/mol. The zero-order chi connectivity index (χ0) is 24.9. The number of ether oxygens (including phenoxy) is 2. The van der Waals surface area contributed by atoms with Crippen LogP contribution < -0.4 is 4.74 Å². The molecule has 0 saturated carbocycles. The normalized spacial score (nSPS) is 14.4. The van der Waals surface area contributed by atoms with Crippen LogP contribution in [0.3, 0.4) is 0 Å². The minimum absolute atomic E-state index is 0.0492. The fourth-order valence-corrected chi connectivity index (χ4v) is 4.08. The number of rotatable bonds is 8. The summed E-state index contributed by atoms with van der Waals surface area (Å²) in [4.78, 5) is 48.8. The number of furan rings is 1. The first-order valence-corrected chi connectivity index (χ1v) is 11.0. The molecule has 178 valence electrons. The Hall–Kier alpha value is -4.38. The molecule has 1 saturated heterocycles. The summed E-state index contributed by atoms with van der Waals surface area (Å²) in [6, 6.07) is 16.4. The second-order valence-electron chi connectivity index (χ2n) is 7.28. The van der Waals surface area contributed by atoms with Crippen LogP contribution in [0, 0.1) is 10.1 Å². The average Bonchev–Trinajstić information content (AvgIpc) is 3.43. The number of methoxy groups -OCH3 is 1. The molecule has 0 bridgehead atoms. The van der Waals surface area contributed by atoms with Crippen LogP contribution in [-0.2, 0) is 22.7 Å². The van der Waals surface area contributed by atoms with Gasteiger partial charge in [0, 0.05) is 6.07 Å². The fraction of sp³-hybridized carbons (Fsp3) is 0.125. The molecule has 1 aromatic heterocycles. The highest BCUT2D eigenvalue weighted by Gasteiger charge is 2.36. The highest BCUT2D eigenvalue weighted by Crippen LogP contribution is 2.35. The maximum Gasteiger partial charge on any atom is 0.373 e. The number of esters is 1. The van der Waals surface area contributed by atoms with Crippen LogP contribution in [-0.4, -0.2) is 34.0 Å². The number of hydrogen-bond donors (Lipinski definition) is 0. The average molecular weight is 494 g/mol. The number of thioether (sulfide) groups is 1. The van der Waals surface area contributed by atoms with E-state index in [1.165, 1.54) is 37.5 Å². The predicted octanol–water partition coefficient (Wildman–Crippen LogP) is 4.79. The van der Waals surface area contributed by atoms with E-state index in [1.807, 2.05) is 30.3 Å². The maximum absolute atomic E-state index is 12.8. The highest BCUT2D eigenvalue weighted by molar-refractivity contribution is 8.18. The van der Waals surface area contributed by atoms with Gasteiger partial charge in [-0.2, -0.15) is 0 Å². The number of nitro benzene ring substituents is 1. The minimum atomic E-state index is -0.678. The number of nitrogens with zero attached hydrogens (tertiary/aromatic N) is 2. The molecule has 0 spiro atoms. The van der Waals surface area contributed by atoms with E-state index in [9.17, 15) is 24.5 Å². The van der Waals surface area contributed by atoms with E-state index in [1.54, 1.807) is 6.07 Å². The van der Waals surface area contributed by atoms with Gasteiger partial charge in [-0.25, -0.2) is 4.79 Å². The molecular formula is C24H18N2O8S. The summed E-state index contributed by atoms with van der Waals surface area (Å²) in [7, 11) is 1.21. The van der Waals surface area contributed by atoms with Crippen molar-refractivity contribution in [1.82, 2.24) is 4.90 Å². The van der Waals surface area contributed by atoms with E-state index < -0.39 is 22.0 Å². The lowest BCUT2D eigenvalue weighted by atomic mass is 10.1. The molecule has 2 heterocycles. The summed E-state index contributed by atoms with van der Waals surface area (Å²) in [5, 5.41) is 11.1. The highest BCUT2D eigenvalue weighted by atomic mass is 32.2. The summed E-state index contributed by atoms with van der Waals surface area (Å²) in [5.41, 5.74) is 0.954. The van der Waals surface area contributed by atoms with Gasteiger partial charge in [0.2, 0.25) is 5.76 Å². The van der Waals surface area contributed by atoms with Gasteiger partial charge in [-0.15, -0.1) is 0 Å². The van der Waals surface area contributed by atoms with Gasteiger partial charge < -0.3 is 13.9 Å². The quantitative estimate of drug-likeness (QED) is 0.188. The van der Waals surface area contributed by atoms with Crippen molar-refractivity contribution in [2.45, 2.75) is 13.2 Å². The Balaban J connectivity index is 1.50. The second kappa shape index (κ2) is 10.3. The Kier molecular flexibility index (Phi) is 6.97. The van der Waals surface area contributed by atoms with Crippen LogP contribution in [0.5, 0.6) is 5.75 Å². The van der Waals surface area contributed by atoms with Crippen molar-refractivity contribution < 1.29 is 33.2 Å². The number of hydrogen-bond acceptors (Lipinski definition) is 9.